The third-order valence-corrected chi connectivity index (χ3v) is 5.88. The second-order valence-corrected chi connectivity index (χ2v) is 7.94. The van der Waals surface area contributed by atoms with Crippen LogP contribution in [0.4, 0.5) is 5.69 Å². The molecular weight excluding hydrogens is 477 g/mol. The minimum atomic E-state index is 0. The molecule has 1 aromatic carbocycles. The van der Waals surface area contributed by atoms with Gasteiger partial charge in [-0.3, -0.25) is 4.99 Å². The monoisotopic (exact) mass is 515 g/mol. The molecule has 7 heteroatoms. The third-order valence-electron chi connectivity index (χ3n) is 5.88. The van der Waals surface area contributed by atoms with E-state index in [9.17, 15) is 5.11 Å². The second kappa shape index (κ2) is 12.5. The number of para-hydroxylation sites is 2. The van der Waals surface area contributed by atoms with Gasteiger partial charge in [-0.1, -0.05) is 19.1 Å². The summed E-state index contributed by atoms with van der Waals surface area (Å²) in [6, 6.07) is 7.62. The Labute approximate surface area is 193 Å². The second-order valence-electron chi connectivity index (χ2n) is 7.94. The summed E-state index contributed by atoms with van der Waals surface area (Å²) in [7, 11) is 0. The number of aliphatic imine (C=N–C) groups is 1. The van der Waals surface area contributed by atoms with E-state index in [0.717, 1.165) is 50.9 Å². The van der Waals surface area contributed by atoms with Gasteiger partial charge in [0, 0.05) is 39.3 Å². The molecule has 29 heavy (non-hydrogen) atoms. The maximum atomic E-state index is 10.1. The molecule has 0 radical (unpaired) electrons. The van der Waals surface area contributed by atoms with Crippen molar-refractivity contribution in [3.05, 3.63) is 24.3 Å². The molecule has 2 saturated heterocycles. The highest BCUT2D eigenvalue weighted by Crippen LogP contribution is 2.27. The Kier molecular flexibility index (Phi) is 10.3. The van der Waals surface area contributed by atoms with E-state index in [1.807, 2.05) is 18.2 Å². The number of benzene rings is 1. The number of phenols is 1. The van der Waals surface area contributed by atoms with Crippen molar-refractivity contribution in [2.24, 2.45) is 10.9 Å². The van der Waals surface area contributed by atoms with Gasteiger partial charge in [0.25, 0.3) is 0 Å². The minimum Gasteiger partial charge on any atom is -0.506 e. The normalized spacial score (nSPS) is 19.2. The van der Waals surface area contributed by atoms with Gasteiger partial charge in [-0.2, -0.15) is 0 Å². The SMILES string of the molecule is CCCN1CCC(CN=C(NCC)N2CCN(c3ccccc3O)CC2)CC1.I. The minimum absolute atomic E-state index is 0. The fraction of sp³-hybridized carbons (Fsp3) is 0.682. The van der Waals surface area contributed by atoms with E-state index < -0.39 is 0 Å². The lowest BCUT2D eigenvalue weighted by molar-refractivity contribution is 0.188. The molecule has 0 bridgehead atoms. The lowest BCUT2D eigenvalue weighted by Gasteiger charge is -2.38. The fourth-order valence-electron chi connectivity index (χ4n) is 4.24. The Balaban J connectivity index is 0.00000300. The largest absolute Gasteiger partial charge is 0.506 e. The van der Waals surface area contributed by atoms with E-state index in [-0.39, 0.29) is 24.0 Å². The number of halogens is 1. The average Bonchev–Trinajstić information content (AvgIpc) is 2.73. The molecule has 2 aliphatic rings. The quantitative estimate of drug-likeness (QED) is 0.346. The number of anilines is 1. The summed E-state index contributed by atoms with van der Waals surface area (Å²) in [6.45, 7) is 13.6. The van der Waals surface area contributed by atoms with Gasteiger partial charge in [0.15, 0.2) is 5.96 Å². The number of piperidine rings is 1. The predicted octanol–water partition coefficient (Wildman–Crippen LogP) is 3.22. The first kappa shape index (κ1) is 24.1. The van der Waals surface area contributed by atoms with Crippen molar-refractivity contribution in [1.82, 2.24) is 15.1 Å². The first-order chi connectivity index (χ1) is 13.7. The van der Waals surface area contributed by atoms with Gasteiger partial charge in [-0.15, -0.1) is 24.0 Å². The average molecular weight is 515 g/mol. The Hall–Kier alpha value is -1.22. The van der Waals surface area contributed by atoms with Crippen LogP contribution in [0.5, 0.6) is 5.75 Å². The molecule has 164 valence electrons. The molecule has 6 nitrogen and oxygen atoms in total. The highest BCUT2D eigenvalue weighted by Gasteiger charge is 2.22. The summed E-state index contributed by atoms with van der Waals surface area (Å²) in [5, 5.41) is 13.6. The van der Waals surface area contributed by atoms with Crippen LogP contribution >= 0.6 is 24.0 Å². The molecule has 0 spiro atoms. The van der Waals surface area contributed by atoms with Crippen LogP contribution in [-0.2, 0) is 0 Å². The van der Waals surface area contributed by atoms with Crippen LogP contribution in [-0.4, -0.2) is 79.8 Å². The number of aromatic hydroxyl groups is 1. The van der Waals surface area contributed by atoms with Crippen molar-refractivity contribution < 1.29 is 5.11 Å². The number of rotatable bonds is 6. The van der Waals surface area contributed by atoms with Crippen LogP contribution in [0, 0.1) is 5.92 Å². The topological polar surface area (TPSA) is 54.3 Å². The smallest absolute Gasteiger partial charge is 0.194 e. The summed E-state index contributed by atoms with van der Waals surface area (Å²) in [6.07, 6.45) is 3.79. The number of hydrogen-bond donors (Lipinski definition) is 2. The van der Waals surface area contributed by atoms with Crippen LogP contribution in [0.25, 0.3) is 0 Å². The summed E-state index contributed by atoms with van der Waals surface area (Å²) >= 11 is 0. The first-order valence-corrected chi connectivity index (χ1v) is 11.0. The maximum Gasteiger partial charge on any atom is 0.194 e. The third kappa shape index (κ3) is 6.91. The van der Waals surface area contributed by atoms with Crippen molar-refractivity contribution in [3.63, 3.8) is 0 Å². The molecular formula is C22H38IN5O. The highest BCUT2D eigenvalue weighted by molar-refractivity contribution is 14.0. The number of guanidine groups is 1. The fourth-order valence-corrected chi connectivity index (χ4v) is 4.24. The van der Waals surface area contributed by atoms with Gasteiger partial charge in [0.1, 0.15) is 5.75 Å². The molecule has 1 aromatic rings. The van der Waals surface area contributed by atoms with Crippen LogP contribution in [0.15, 0.2) is 29.3 Å². The molecule has 0 atom stereocenters. The van der Waals surface area contributed by atoms with Gasteiger partial charge in [0.05, 0.1) is 5.69 Å². The van der Waals surface area contributed by atoms with Gasteiger partial charge in [-0.25, -0.2) is 0 Å². The number of phenolic OH excluding ortho intramolecular Hbond substituents is 1. The molecule has 0 amide bonds. The zero-order valence-corrected chi connectivity index (χ0v) is 20.3. The van der Waals surface area contributed by atoms with E-state index in [1.165, 1.54) is 38.9 Å². The molecule has 2 fully saturated rings. The van der Waals surface area contributed by atoms with E-state index >= 15 is 0 Å². The van der Waals surface area contributed by atoms with Gasteiger partial charge in [0.2, 0.25) is 0 Å². The standard InChI is InChI=1S/C22H37N5O.HI/c1-3-11-25-12-9-19(10-13-25)18-24-22(23-4-2)27-16-14-26(15-17-27)20-7-5-6-8-21(20)28;/h5-8,19,28H,3-4,9-18H2,1-2H3,(H,23,24);1H. The Morgan fingerprint density at radius 1 is 1.07 bits per heavy atom. The number of likely N-dealkylation sites (tertiary alicyclic amines) is 1. The molecule has 2 heterocycles. The van der Waals surface area contributed by atoms with E-state index in [4.69, 9.17) is 4.99 Å². The van der Waals surface area contributed by atoms with E-state index in [2.05, 4.69) is 33.9 Å². The maximum absolute atomic E-state index is 10.1. The zero-order valence-electron chi connectivity index (χ0n) is 18.0. The Morgan fingerprint density at radius 3 is 2.38 bits per heavy atom. The number of nitrogens with one attached hydrogen (secondary N) is 1. The van der Waals surface area contributed by atoms with Crippen molar-refractivity contribution in [1.29, 1.82) is 0 Å². The molecule has 0 saturated carbocycles. The number of piperazine rings is 1. The van der Waals surface area contributed by atoms with Gasteiger partial charge in [-0.05, 0) is 63.9 Å². The summed E-state index contributed by atoms with van der Waals surface area (Å²) < 4.78 is 0. The van der Waals surface area contributed by atoms with Crippen LogP contribution < -0.4 is 10.2 Å². The molecule has 0 aromatic heterocycles. The summed E-state index contributed by atoms with van der Waals surface area (Å²) in [4.78, 5) is 12.2. The number of hydrogen-bond acceptors (Lipinski definition) is 4. The summed E-state index contributed by atoms with van der Waals surface area (Å²) in [5.41, 5.74) is 0.933. The first-order valence-electron chi connectivity index (χ1n) is 11.0. The van der Waals surface area contributed by atoms with Crippen molar-refractivity contribution in [2.45, 2.75) is 33.1 Å². The Bertz CT molecular complexity index is 625. The van der Waals surface area contributed by atoms with Gasteiger partial charge < -0.3 is 25.1 Å². The molecule has 0 unspecified atom stereocenters. The molecule has 2 N–H and O–H groups in total. The number of nitrogens with zero attached hydrogens (tertiary/aromatic N) is 4. The van der Waals surface area contributed by atoms with Crippen molar-refractivity contribution in [3.8, 4) is 5.75 Å². The van der Waals surface area contributed by atoms with Crippen molar-refractivity contribution >= 4 is 35.6 Å². The Morgan fingerprint density at radius 2 is 1.76 bits per heavy atom. The van der Waals surface area contributed by atoms with Crippen molar-refractivity contribution in [2.75, 3.05) is 63.8 Å². The van der Waals surface area contributed by atoms with Crippen LogP contribution in [0.2, 0.25) is 0 Å². The van der Waals surface area contributed by atoms with Crippen LogP contribution in [0.3, 0.4) is 0 Å². The predicted molar refractivity (Wildman–Crippen MR) is 133 cm³/mol. The lowest BCUT2D eigenvalue weighted by atomic mass is 9.97. The zero-order chi connectivity index (χ0) is 19.8. The molecule has 3 rings (SSSR count). The van der Waals surface area contributed by atoms with Gasteiger partial charge >= 0.3 is 0 Å². The van der Waals surface area contributed by atoms with Crippen LogP contribution in [0.1, 0.15) is 33.1 Å². The summed E-state index contributed by atoms with van der Waals surface area (Å²) in [5.74, 6) is 2.13. The molecule has 2 aliphatic heterocycles. The van der Waals surface area contributed by atoms with E-state index in [1.54, 1.807) is 6.07 Å². The molecule has 0 aliphatic carbocycles. The highest BCUT2D eigenvalue weighted by atomic mass is 127. The van der Waals surface area contributed by atoms with E-state index in [0.29, 0.717) is 11.7 Å². The lowest BCUT2D eigenvalue weighted by Crippen LogP contribution is -2.52.